The summed E-state index contributed by atoms with van der Waals surface area (Å²) in [7, 11) is 0. The summed E-state index contributed by atoms with van der Waals surface area (Å²) in [5.41, 5.74) is 1.69. The number of aromatic nitrogens is 2. The minimum absolute atomic E-state index is 0.424. The Bertz CT molecular complexity index is 529. The largest absolute Gasteiger partial charge is 0.296 e. The zero-order valence-electron chi connectivity index (χ0n) is 8.45. The maximum Gasteiger partial charge on any atom is 0.168 e. The summed E-state index contributed by atoms with van der Waals surface area (Å²) in [5.74, 6) is 0. The maximum atomic E-state index is 10.9. The van der Waals surface area contributed by atoms with Gasteiger partial charge in [0.1, 0.15) is 11.4 Å². The summed E-state index contributed by atoms with van der Waals surface area (Å²) in [5, 5.41) is 5.10. The van der Waals surface area contributed by atoms with Gasteiger partial charge in [-0.15, -0.1) is 0 Å². The number of halogens is 2. The molecule has 3 nitrogen and oxygen atoms in total. The van der Waals surface area contributed by atoms with Crippen molar-refractivity contribution in [2.24, 2.45) is 0 Å². The standard InChI is InChI=1S/C11H8Cl2N2O/c1-7-5-8(6-16)15(14-7)11-9(12)3-2-4-10(11)13/h2-6H,1H3. The lowest BCUT2D eigenvalue weighted by Gasteiger charge is -2.07. The SMILES string of the molecule is Cc1cc(C=O)n(-c2c(Cl)cccc2Cl)n1. The van der Waals surface area contributed by atoms with Crippen molar-refractivity contribution in [3.63, 3.8) is 0 Å². The van der Waals surface area contributed by atoms with Crippen molar-refractivity contribution in [2.75, 3.05) is 0 Å². The van der Waals surface area contributed by atoms with Gasteiger partial charge in [-0.2, -0.15) is 5.10 Å². The number of rotatable bonds is 2. The van der Waals surface area contributed by atoms with Gasteiger partial charge in [-0.05, 0) is 25.1 Å². The van der Waals surface area contributed by atoms with Gasteiger partial charge in [-0.3, -0.25) is 4.79 Å². The van der Waals surface area contributed by atoms with E-state index >= 15 is 0 Å². The number of carbonyl (C=O) groups is 1. The van der Waals surface area contributed by atoms with Crippen molar-refractivity contribution in [3.05, 3.63) is 45.7 Å². The van der Waals surface area contributed by atoms with Crippen LogP contribution in [0.5, 0.6) is 0 Å². The molecule has 0 aliphatic rings. The van der Waals surface area contributed by atoms with Gasteiger partial charge in [0.05, 0.1) is 15.7 Å². The molecule has 0 aliphatic heterocycles. The Kier molecular flexibility index (Phi) is 2.99. The van der Waals surface area contributed by atoms with Gasteiger partial charge in [-0.1, -0.05) is 29.3 Å². The summed E-state index contributed by atoms with van der Waals surface area (Å²) in [6.45, 7) is 1.80. The highest BCUT2D eigenvalue weighted by atomic mass is 35.5. The predicted octanol–water partition coefficient (Wildman–Crippen LogP) is 3.30. The van der Waals surface area contributed by atoms with Crippen molar-refractivity contribution >= 4 is 29.5 Å². The van der Waals surface area contributed by atoms with Crippen LogP contribution in [0.25, 0.3) is 5.69 Å². The lowest BCUT2D eigenvalue weighted by atomic mass is 10.3. The molecular formula is C11H8Cl2N2O. The molecule has 2 aromatic rings. The average Bonchev–Trinajstić information content (AvgIpc) is 2.59. The number of aryl methyl sites for hydroxylation is 1. The van der Waals surface area contributed by atoms with E-state index in [1.807, 2.05) is 0 Å². The molecule has 1 aromatic heterocycles. The van der Waals surface area contributed by atoms with Gasteiger partial charge < -0.3 is 0 Å². The van der Waals surface area contributed by atoms with Crippen molar-refractivity contribution in [3.8, 4) is 5.69 Å². The molecule has 0 unspecified atom stereocenters. The van der Waals surface area contributed by atoms with Gasteiger partial charge in [0.25, 0.3) is 0 Å². The van der Waals surface area contributed by atoms with E-state index in [1.165, 1.54) is 4.68 Å². The van der Waals surface area contributed by atoms with Crippen LogP contribution in [-0.2, 0) is 0 Å². The van der Waals surface area contributed by atoms with Crippen molar-refractivity contribution in [1.29, 1.82) is 0 Å². The molecule has 0 atom stereocenters. The smallest absolute Gasteiger partial charge is 0.168 e. The third kappa shape index (κ3) is 1.84. The highest BCUT2D eigenvalue weighted by Crippen LogP contribution is 2.28. The molecule has 16 heavy (non-hydrogen) atoms. The van der Waals surface area contributed by atoms with Crippen molar-refractivity contribution in [1.82, 2.24) is 9.78 Å². The Balaban J connectivity index is 2.71. The number of hydrogen-bond acceptors (Lipinski definition) is 2. The highest BCUT2D eigenvalue weighted by molar-refractivity contribution is 6.37. The maximum absolute atomic E-state index is 10.9. The van der Waals surface area contributed by atoms with Crippen LogP contribution >= 0.6 is 23.2 Å². The first kappa shape index (κ1) is 11.2. The third-order valence-corrected chi connectivity index (χ3v) is 2.74. The summed E-state index contributed by atoms with van der Waals surface area (Å²) < 4.78 is 1.45. The molecule has 0 saturated carbocycles. The zero-order chi connectivity index (χ0) is 11.7. The summed E-state index contributed by atoms with van der Waals surface area (Å²) >= 11 is 12.1. The predicted molar refractivity (Wildman–Crippen MR) is 63.7 cm³/mol. The van der Waals surface area contributed by atoms with Crippen LogP contribution in [0.3, 0.4) is 0 Å². The number of nitrogens with zero attached hydrogens (tertiary/aromatic N) is 2. The number of hydrogen-bond donors (Lipinski definition) is 0. The Morgan fingerprint density at radius 2 is 1.94 bits per heavy atom. The van der Waals surface area contributed by atoms with Gasteiger partial charge in [0.2, 0.25) is 0 Å². The van der Waals surface area contributed by atoms with E-state index in [9.17, 15) is 4.79 Å². The van der Waals surface area contributed by atoms with Gasteiger partial charge >= 0.3 is 0 Å². The molecule has 0 aliphatic carbocycles. The zero-order valence-corrected chi connectivity index (χ0v) is 9.96. The first-order valence-electron chi connectivity index (χ1n) is 4.59. The second-order valence-electron chi connectivity index (χ2n) is 3.31. The molecule has 0 spiro atoms. The molecule has 0 N–H and O–H groups in total. The fourth-order valence-corrected chi connectivity index (χ4v) is 2.03. The second kappa shape index (κ2) is 4.28. The molecule has 0 saturated heterocycles. The quantitative estimate of drug-likeness (QED) is 0.771. The average molecular weight is 255 g/mol. The van der Waals surface area contributed by atoms with Crippen LogP contribution in [0, 0.1) is 6.92 Å². The fraction of sp³-hybridized carbons (Fsp3) is 0.0909. The molecule has 0 amide bonds. The van der Waals surface area contributed by atoms with Gasteiger partial charge in [0.15, 0.2) is 6.29 Å². The Morgan fingerprint density at radius 1 is 1.31 bits per heavy atom. The Hall–Kier alpha value is -1.32. The lowest BCUT2D eigenvalue weighted by Crippen LogP contribution is -2.02. The van der Waals surface area contributed by atoms with E-state index in [0.717, 1.165) is 12.0 Å². The van der Waals surface area contributed by atoms with Gasteiger partial charge in [0, 0.05) is 0 Å². The van der Waals surface area contributed by atoms with Crippen LogP contribution in [0.2, 0.25) is 10.0 Å². The summed E-state index contributed by atoms with van der Waals surface area (Å²) in [4.78, 5) is 10.9. The normalized spacial score (nSPS) is 10.4. The monoisotopic (exact) mass is 254 g/mol. The highest BCUT2D eigenvalue weighted by Gasteiger charge is 2.13. The third-order valence-electron chi connectivity index (χ3n) is 2.13. The van der Waals surface area contributed by atoms with E-state index in [1.54, 1.807) is 31.2 Å². The minimum Gasteiger partial charge on any atom is -0.296 e. The van der Waals surface area contributed by atoms with E-state index in [0.29, 0.717) is 21.4 Å². The number of carbonyl (C=O) groups excluding carboxylic acids is 1. The van der Waals surface area contributed by atoms with Crippen LogP contribution in [0.4, 0.5) is 0 Å². The molecule has 1 aromatic carbocycles. The number of benzene rings is 1. The van der Waals surface area contributed by atoms with Crippen molar-refractivity contribution < 1.29 is 4.79 Å². The molecule has 0 bridgehead atoms. The number of aldehydes is 1. The summed E-state index contributed by atoms with van der Waals surface area (Å²) in [6, 6.07) is 6.82. The molecular weight excluding hydrogens is 247 g/mol. The molecule has 0 fully saturated rings. The second-order valence-corrected chi connectivity index (χ2v) is 4.12. The van der Waals surface area contributed by atoms with Crippen LogP contribution in [0.1, 0.15) is 16.2 Å². The summed E-state index contributed by atoms with van der Waals surface area (Å²) in [6.07, 6.45) is 0.722. The van der Waals surface area contributed by atoms with Crippen LogP contribution in [0.15, 0.2) is 24.3 Å². The Labute approximate surface area is 103 Å². The lowest BCUT2D eigenvalue weighted by molar-refractivity contribution is 0.111. The van der Waals surface area contributed by atoms with E-state index in [4.69, 9.17) is 23.2 Å². The topological polar surface area (TPSA) is 34.9 Å². The molecule has 2 rings (SSSR count). The minimum atomic E-state index is 0.424. The van der Waals surface area contributed by atoms with Crippen LogP contribution in [-0.4, -0.2) is 16.1 Å². The first-order valence-corrected chi connectivity index (χ1v) is 5.35. The van der Waals surface area contributed by atoms with E-state index in [-0.39, 0.29) is 0 Å². The molecule has 1 heterocycles. The van der Waals surface area contributed by atoms with Crippen LogP contribution < -0.4 is 0 Å². The Morgan fingerprint density at radius 3 is 2.50 bits per heavy atom. The van der Waals surface area contributed by atoms with Crippen molar-refractivity contribution in [2.45, 2.75) is 6.92 Å². The van der Waals surface area contributed by atoms with E-state index < -0.39 is 0 Å². The molecule has 5 heteroatoms. The number of para-hydroxylation sites is 1. The van der Waals surface area contributed by atoms with Gasteiger partial charge in [-0.25, -0.2) is 4.68 Å². The fourth-order valence-electron chi connectivity index (χ4n) is 1.47. The molecule has 0 radical (unpaired) electrons. The van der Waals surface area contributed by atoms with E-state index in [2.05, 4.69) is 5.10 Å². The first-order chi connectivity index (χ1) is 7.63. The molecule has 82 valence electrons.